The molecule has 2 saturated heterocycles. The van der Waals surface area contributed by atoms with Gasteiger partial charge in [-0.1, -0.05) is 41.9 Å². The lowest BCUT2D eigenvalue weighted by atomic mass is 10.0. The van der Waals surface area contributed by atoms with Gasteiger partial charge in [0, 0.05) is 56.4 Å². The Morgan fingerprint density at radius 2 is 1.71 bits per heavy atom. The van der Waals surface area contributed by atoms with Gasteiger partial charge in [-0.15, -0.1) is 0 Å². The fourth-order valence-corrected chi connectivity index (χ4v) is 4.52. The Balaban J connectivity index is 1.35. The zero-order valence-electron chi connectivity index (χ0n) is 17.7. The molecule has 2 fully saturated rings. The standard InChI is InChI=1S/C24H29ClN4O2/c25-20-9-7-18(8-10-20)16-21(26)24(31)28-14-12-27(13-15-28)22-5-2-1-4-19(22)17-29-11-3-6-23(29)30/h1-2,4-5,7-10,21H,3,6,11-17,26H2/t21-/m1/s1. The minimum absolute atomic E-state index is 0.00875. The predicted molar refractivity (Wildman–Crippen MR) is 123 cm³/mol. The van der Waals surface area contributed by atoms with Crippen LogP contribution in [-0.4, -0.2) is 60.4 Å². The van der Waals surface area contributed by atoms with Gasteiger partial charge in [0.1, 0.15) is 0 Å². The Morgan fingerprint density at radius 3 is 2.39 bits per heavy atom. The molecule has 4 rings (SSSR count). The first-order chi connectivity index (χ1) is 15.0. The minimum Gasteiger partial charge on any atom is -0.368 e. The Labute approximate surface area is 188 Å². The van der Waals surface area contributed by atoms with Crippen LogP contribution < -0.4 is 10.6 Å². The molecule has 2 amide bonds. The Bertz CT molecular complexity index is 925. The number of halogens is 1. The molecular weight excluding hydrogens is 412 g/mol. The number of hydrogen-bond acceptors (Lipinski definition) is 4. The number of likely N-dealkylation sites (tertiary alicyclic amines) is 1. The lowest BCUT2D eigenvalue weighted by Gasteiger charge is -2.38. The summed E-state index contributed by atoms with van der Waals surface area (Å²) in [5.74, 6) is 0.227. The normalized spacial score (nSPS) is 17.9. The van der Waals surface area contributed by atoms with Gasteiger partial charge in [-0.25, -0.2) is 0 Å². The van der Waals surface area contributed by atoms with Gasteiger partial charge in [0.2, 0.25) is 11.8 Å². The number of anilines is 1. The summed E-state index contributed by atoms with van der Waals surface area (Å²) in [7, 11) is 0. The number of benzene rings is 2. The third kappa shape index (κ3) is 5.20. The number of amides is 2. The Kier molecular flexibility index (Phi) is 6.78. The fourth-order valence-electron chi connectivity index (χ4n) is 4.39. The van der Waals surface area contributed by atoms with Crippen molar-refractivity contribution in [3.05, 3.63) is 64.7 Å². The number of para-hydroxylation sites is 1. The van der Waals surface area contributed by atoms with E-state index in [0.717, 1.165) is 42.9 Å². The zero-order chi connectivity index (χ0) is 21.8. The maximum atomic E-state index is 12.9. The van der Waals surface area contributed by atoms with Gasteiger partial charge < -0.3 is 20.4 Å². The van der Waals surface area contributed by atoms with Gasteiger partial charge in [0.15, 0.2) is 0 Å². The predicted octanol–water partition coefficient (Wildman–Crippen LogP) is 2.68. The highest BCUT2D eigenvalue weighted by atomic mass is 35.5. The molecule has 7 heteroatoms. The van der Waals surface area contributed by atoms with Crippen molar-refractivity contribution in [2.45, 2.75) is 31.8 Å². The van der Waals surface area contributed by atoms with Crippen LogP contribution in [0.3, 0.4) is 0 Å². The van der Waals surface area contributed by atoms with Gasteiger partial charge in [-0.3, -0.25) is 9.59 Å². The van der Waals surface area contributed by atoms with Crippen molar-refractivity contribution in [1.82, 2.24) is 9.80 Å². The lowest BCUT2D eigenvalue weighted by molar-refractivity contribution is -0.133. The molecule has 2 aliphatic heterocycles. The highest BCUT2D eigenvalue weighted by molar-refractivity contribution is 6.30. The van der Waals surface area contributed by atoms with Crippen LogP contribution in [0.1, 0.15) is 24.0 Å². The molecule has 0 bridgehead atoms. The van der Waals surface area contributed by atoms with Crippen molar-refractivity contribution in [2.24, 2.45) is 5.73 Å². The topological polar surface area (TPSA) is 69.9 Å². The molecule has 0 spiro atoms. The van der Waals surface area contributed by atoms with Crippen LogP contribution in [0.25, 0.3) is 0 Å². The summed E-state index contributed by atoms with van der Waals surface area (Å²) in [5, 5.41) is 0.675. The highest BCUT2D eigenvalue weighted by Gasteiger charge is 2.27. The number of hydrogen-bond donors (Lipinski definition) is 1. The summed E-state index contributed by atoms with van der Waals surface area (Å²) in [5.41, 5.74) is 9.54. The van der Waals surface area contributed by atoms with Crippen LogP contribution in [0, 0.1) is 0 Å². The molecule has 2 aromatic carbocycles. The second-order valence-electron chi connectivity index (χ2n) is 8.30. The summed E-state index contributed by atoms with van der Waals surface area (Å²) < 4.78 is 0. The molecular formula is C24H29ClN4O2. The van der Waals surface area contributed by atoms with Gasteiger partial charge in [0.05, 0.1) is 6.04 Å². The van der Waals surface area contributed by atoms with Crippen molar-refractivity contribution >= 4 is 29.1 Å². The van der Waals surface area contributed by atoms with Gasteiger partial charge in [-0.2, -0.15) is 0 Å². The second-order valence-corrected chi connectivity index (χ2v) is 8.73. The molecule has 0 radical (unpaired) electrons. The van der Waals surface area contributed by atoms with E-state index in [9.17, 15) is 9.59 Å². The van der Waals surface area contributed by atoms with E-state index < -0.39 is 6.04 Å². The van der Waals surface area contributed by atoms with E-state index >= 15 is 0 Å². The van der Waals surface area contributed by atoms with E-state index in [2.05, 4.69) is 17.0 Å². The smallest absolute Gasteiger partial charge is 0.239 e. The van der Waals surface area contributed by atoms with Crippen LogP contribution in [0.5, 0.6) is 0 Å². The number of rotatable bonds is 6. The lowest BCUT2D eigenvalue weighted by Crippen LogP contribution is -2.53. The van der Waals surface area contributed by atoms with Crippen LogP contribution in [-0.2, 0) is 22.6 Å². The largest absolute Gasteiger partial charge is 0.368 e. The number of carbonyl (C=O) groups is 2. The maximum Gasteiger partial charge on any atom is 0.239 e. The van der Waals surface area contributed by atoms with E-state index in [0.29, 0.717) is 37.5 Å². The van der Waals surface area contributed by atoms with E-state index in [1.165, 1.54) is 0 Å². The monoisotopic (exact) mass is 440 g/mol. The van der Waals surface area contributed by atoms with E-state index in [1.54, 1.807) is 0 Å². The summed E-state index contributed by atoms with van der Waals surface area (Å²) in [6.45, 7) is 4.28. The summed E-state index contributed by atoms with van der Waals surface area (Å²) >= 11 is 5.93. The molecule has 2 N–H and O–H groups in total. The molecule has 2 heterocycles. The van der Waals surface area contributed by atoms with Crippen molar-refractivity contribution in [1.29, 1.82) is 0 Å². The minimum atomic E-state index is -0.554. The first-order valence-corrected chi connectivity index (χ1v) is 11.3. The molecule has 0 saturated carbocycles. The number of nitrogens with two attached hydrogens (primary N) is 1. The maximum absolute atomic E-state index is 12.9. The van der Waals surface area contributed by atoms with Crippen LogP contribution in [0.4, 0.5) is 5.69 Å². The summed E-state index contributed by atoms with van der Waals surface area (Å²) in [6, 6.07) is 15.2. The zero-order valence-corrected chi connectivity index (χ0v) is 18.4. The molecule has 164 valence electrons. The Hall–Kier alpha value is -2.57. The van der Waals surface area contributed by atoms with E-state index in [1.807, 2.05) is 46.2 Å². The average Bonchev–Trinajstić information content (AvgIpc) is 3.19. The molecule has 0 unspecified atom stereocenters. The van der Waals surface area contributed by atoms with Crippen molar-refractivity contribution in [3.63, 3.8) is 0 Å². The first kappa shape index (κ1) is 21.7. The van der Waals surface area contributed by atoms with E-state index in [4.69, 9.17) is 17.3 Å². The van der Waals surface area contributed by atoms with Crippen LogP contribution in [0.15, 0.2) is 48.5 Å². The summed E-state index contributed by atoms with van der Waals surface area (Å²) in [4.78, 5) is 31.0. The third-order valence-electron chi connectivity index (χ3n) is 6.14. The number of carbonyl (C=O) groups excluding carboxylic acids is 2. The fraction of sp³-hybridized carbons (Fsp3) is 0.417. The van der Waals surface area contributed by atoms with E-state index in [-0.39, 0.29) is 11.8 Å². The molecule has 2 aliphatic rings. The third-order valence-corrected chi connectivity index (χ3v) is 6.39. The Morgan fingerprint density at radius 1 is 1.00 bits per heavy atom. The van der Waals surface area contributed by atoms with Gasteiger partial charge in [-0.05, 0) is 42.2 Å². The van der Waals surface area contributed by atoms with Crippen LogP contribution in [0.2, 0.25) is 5.02 Å². The first-order valence-electron chi connectivity index (χ1n) is 10.9. The highest BCUT2D eigenvalue weighted by Crippen LogP contribution is 2.25. The second kappa shape index (κ2) is 9.71. The molecule has 0 aromatic heterocycles. The molecule has 6 nitrogen and oxygen atoms in total. The summed E-state index contributed by atoms with van der Waals surface area (Å²) in [6.07, 6.45) is 2.10. The van der Waals surface area contributed by atoms with Crippen molar-refractivity contribution in [3.8, 4) is 0 Å². The van der Waals surface area contributed by atoms with Crippen molar-refractivity contribution < 1.29 is 9.59 Å². The average molecular weight is 441 g/mol. The SMILES string of the molecule is N[C@H](Cc1ccc(Cl)cc1)C(=O)N1CCN(c2ccccc2CN2CCCC2=O)CC1. The molecule has 2 aromatic rings. The van der Waals surface area contributed by atoms with Gasteiger partial charge in [0.25, 0.3) is 0 Å². The van der Waals surface area contributed by atoms with Gasteiger partial charge >= 0.3 is 0 Å². The number of piperazine rings is 1. The molecule has 0 aliphatic carbocycles. The van der Waals surface area contributed by atoms with Crippen molar-refractivity contribution in [2.75, 3.05) is 37.6 Å². The quantitative estimate of drug-likeness (QED) is 0.749. The van der Waals surface area contributed by atoms with Crippen LogP contribution >= 0.6 is 11.6 Å². The molecule has 31 heavy (non-hydrogen) atoms. The number of nitrogens with zero attached hydrogens (tertiary/aromatic N) is 3. The molecule has 1 atom stereocenters.